The van der Waals surface area contributed by atoms with E-state index in [0.717, 1.165) is 17.7 Å². The maximum absolute atomic E-state index is 12.4. The van der Waals surface area contributed by atoms with Gasteiger partial charge >= 0.3 is 0 Å². The number of sulfonamides is 1. The lowest BCUT2D eigenvalue weighted by atomic mass is 10.4. The van der Waals surface area contributed by atoms with Crippen molar-refractivity contribution in [2.75, 3.05) is 12.8 Å². The van der Waals surface area contributed by atoms with Crippen molar-refractivity contribution in [1.82, 2.24) is 10.0 Å². The Morgan fingerprint density at radius 1 is 1.45 bits per heavy atom. The van der Waals surface area contributed by atoms with Crippen LogP contribution in [0.25, 0.3) is 0 Å². The predicted octanol–water partition coefficient (Wildman–Crippen LogP) is 2.42. The number of hydrogen-bond donors (Lipinski definition) is 2. The normalized spacial score (nSPS) is 17.6. The summed E-state index contributed by atoms with van der Waals surface area (Å²) in [5.41, 5.74) is 0. The third-order valence-electron chi connectivity index (χ3n) is 3.49. The van der Waals surface area contributed by atoms with Crippen molar-refractivity contribution in [2.45, 2.75) is 48.9 Å². The number of thioether (sulfide) groups is 1. The number of nitrogens with one attached hydrogen (secondary N) is 2. The lowest BCUT2D eigenvalue weighted by molar-refractivity contribution is 0.570. The highest BCUT2D eigenvalue weighted by atomic mass is 32.2. The molecule has 1 fully saturated rings. The first-order valence-corrected chi connectivity index (χ1v) is 10.3. The van der Waals surface area contributed by atoms with Crippen molar-refractivity contribution in [2.24, 2.45) is 0 Å². The van der Waals surface area contributed by atoms with E-state index in [-0.39, 0.29) is 4.75 Å². The zero-order chi connectivity index (χ0) is 14.8. The molecule has 1 aliphatic rings. The first kappa shape index (κ1) is 16.3. The summed E-state index contributed by atoms with van der Waals surface area (Å²) in [5, 5.41) is 5.11. The van der Waals surface area contributed by atoms with Crippen LogP contribution in [0.2, 0.25) is 0 Å². The van der Waals surface area contributed by atoms with E-state index in [0.29, 0.717) is 24.0 Å². The van der Waals surface area contributed by atoms with Crippen LogP contribution in [0.15, 0.2) is 16.3 Å². The van der Waals surface area contributed by atoms with Crippen LogP contribution < -0.4 is 10.0 Å². The van der Waals surface area contributed by atoms with E-state index < -0.39 is 10.0 Å². The minimum absolute atomic E-state index is 0.138. The quantitative estimate of drug-likeness (QED) is 0.766. The molecule has 1 aromatic rings. The standard InChI is InChI=1S/C13H22N2O2S3/c1-10(2)14-8-11-12(4-7-19-11)20(16,17)15-9-13(18-3)5-6-13/h4,7,10,14-15H,5-6,8-9H2,1-3H3. The van der Waals surface area contributed by atoms with Crippen LogP contribution in [-0.2, 0) is 16.6 Å². The lowest BCUT2D eigenvalue weighted by Crippen LogP contribution is -2.32. The van der Waals surface area contributed by atoms with Gasteiger partial charge in [0.2, 0.25) is 10.0 Å². The van der Waals surface area contributed by atoms with Crippen LogP contribution in [0.5, 0.6) is 0 Å². The summed E-state index contributed by atoms with van der Waals surface area (Å²) < 4.78 is 27.7. The third kappa shape index (κ3) is 3.98. The van der Waals surface area contributed by atoms with Gasteiger partial charge in [-0.3, -0.25) is 0 Å². The molecular weight excluding hydrogens is 312 g/mol. The molecule has 4 nitrogen and oxygen atoms in total. The Hall–Kier alpha value is -0.0800. The monoisotopic (exact) mass is 334 g/mol. The Morgan fingerprint density at radius 3 is 2.70 bits per heavy atom. The van der Waals surface area contributed by atoms with Gasteiger partial charge in [0.25, 0.3) is 0 Å². The zero-order valence-corrected chi connectivity index (χ0v) is 14.6. The first-order valence-electron chi connectivity index (χ1n) is 6.73. The highest BCUT2D eigenvalue weighted by Crippen LogP contribution is 2.46. The fourth-order valence-corrected chi connectivity index (χ4v) is 5.23. The van der Waals surface area contributed by atoms with E-state index in [1.807, 2.05) is 11.6 Å². The van der Waals surface area contributed by atoms with Crippen molar-refractivity contribution in [3.63, 3.8) is 0 Å². The molecule has 0 unspecified atom stereocenters. The second kappa shape index (κ2) is 6.36. The molecule has 1 heterocycles. The molecule has 0 aliphatic heterocycles. The van der Waals surface area contributed by atoms with Gasteiger partial charge in [0, 0.05) is 28.8 Å². The molecular formula is C13H22N2O2S3. The van der Waals surface area contributed by atoms with E-state index in [1.54, 1.807) is 17.8 Å². The Labute approximate surface area is 129 Å². The van der Waals surface area contributed by atoms with Crippen LogP contribution in [-0.4, -0.2) is 32.0 Å². The maximum Gasteiger partial charge on any atom is 0.241 e. The molecule has 0 aromatic carbocycles. The SMILES string of the molecule is CSC1(CNS(=O)(=O)c2ccsc2CNC(C)C)CC1. The van der Waals surface area contributed by atoms with Gasteiger partial charge in [-0.1, -0.05) is 13.8 Å². The van der Waals surface area contributed by atoms with Gasteiger partial charge in [-0.15, -0.1) is 11.3 Å². The smallest absolute Gasteiger partial charge is 0.241 e. The minimum Gasteiger partial charge on any atom is -0.310 e. The number of thiophene rings is 1. The molecule has 0 bridgehead atoms. The summed E-state index contributed by atoms with van der Waals surface area (Å²) >= 11 is 3.24. The summed E-state index contributed by atoms with van der Waals surface area (Å²) in [5.74, 6) is 0. The Bertz CT molecular complexity index is 548. The van der Waals surface area contributed by atoms with E-state index in [4.69, 9.17) is 0 Å². The molecule has 0 radical (unpaired) electrons. The highest BCUT2D eigenvalue weighted by molar-refractivity contribution is 8.00. The number of hydrogen-bond acceptors (Lipinski definition) is 5. The summed E-state index contributed by atoms with van der Waals surface area (Å²) in [4.78, 5) is 1.30. The summed E-state index contributed by atoms with van der Waals surface area (Å²) in [6.45, 7) is 5.23. The molecule has 1 aliphatic carbocycles. The van der Waals surface area contributed by atoms with Crippen molar-refractivity contribution in [3.05, 3.63) is 16.3 Å². The van der Waals surface area contributed by atoms with Gasteiger partial charge in [-0.2, -0.15) is 11.8 Å². The van der Waals surface area contributed by atoms with Crippen molar-refractivity contribution >= 4 is 33.1 Å². The van der Waals surface area contributed by atoms with Gasteiger partial charge in [0.05, 0.1) is 4.90 Å². The molecule has 2 rings (SSSR count). The van der Waals surface area contributed by atoms with Crippen molar-refractivity contribution in [3.8, 4) is 0 Å². The van der Waals surface area contributed by atoms with E-state index >= 15 is 0 Å². The first-order chi connectivity index (χ1) is 9.38. The average Bonchev–Trinajstić information content (AvgIpc) is 3.02. The van der Waals surface area contributed by atoms with Gasteiger partial charge in [0.1, 0.15) is 0 Å². The van der Waals surface area contributed by atoms with E-state index in [1.165, 1.54) is 11.3 Å². The molecule has 0 spiro atoms. The van der Waals surface area contributed by atoms with Crippen LogP contribution in [0, 0.1) is 0 Å². The summed E-state index contributed by atoms with van der Waals surface area (Å²) in [6, 6.07) is 2.04. The second-order valence-corrected chi connectivity index (χ2v) is 9.47. The van der Waals surface area contributed by atoms with Crippen LogP contribution in [0.3, 0.4) is 0 Å². The van der Waals surface area contributed by atoms with Gasteiger partial charge in [-0.25, -0.2) is 13.1 Å². The Kier molecular flexibility index (Phi) is 5.18. The Morgan fingerprint density at radius 2 is 2.15 bits per heavy atom. The fraction of sp³-hybridized carbons (Fsp3) is 0.692. The third-order valence-corrected chi connectivity index (χ3v) is 7.44. The molecule has 114 valence electrons. The maximum atomic E-state index is 12.4. The molecule has 1 saturated carbocycles. The predicted molar refractivity (Wildman–Crippen MR) is 87.0 cm³/mol. The largest absolute Gasteiger partial charge is 0.310 e. The molecule has 7 heteroatoms. The van der Waals surface area contributed by atoms with Crippen molar-refractivity contribution in [1.29, 1.82) is 0 Å². The second-order valence-electron chi connectivity index (χ2n) is 5.46. The van der Waals surface area contributed by atoms with Crippen LogP contribution in [0.1, 0.15) is 31.6 Å². The minimum atomic E-state index is -3.39. The molecule has 20 heavy (non-hydrogen) atoms. The topological polar surface area (TPSA) is 58.2 Å². The molecule has 1 aromatic heterocycles. The molecule has 0 amide bonds. The summed E-state index contributed by atoms with van der Waals surface area (Å²) in [6.07, 6.45) is 4.24. The van der Waals surface area contributed by atoms with Gasteiger partial charge < -0.3 is 5.32 Å². The zero-order valence-electron chi connectivity index (χ0n) is 12.1. The summed E-state index contributed by atoms with van der Waals surface area (Å²) in [7, 11) is -3.39. The van der Waals surface area contributed by atoms with Crippen molar-refractivity contribution < 1.29 is 8.42 Å². The van der Waals surface area contributed by atoms with Gasteiger partial charge in [0.15, 0.2) is 0 Å². The van der Waals surface area contributed by atoms with E-state index in [2.05, 4.69) is 23.9 Å². The molecule has 0 saturated heterocycles. The molecule has 0 atom stereocenters. The number of rotatable bonds is 8. The lowest BCUT2D eigenvalue weighted by Gasteiger charge is -2.14. The highest BCUT2D eigenvalue weighted by Gasteiger charge is 2.42. The Balaban J connectivity index is 2.03. The molecule has 2 N–H and O–H groups in total. The average molecular weight is 335 g/mol. The van der Waals surface area contributed by atoms with Crippen LogP contribution in [0.4, 0.5) is 0 Å². The van der Waals surface area contributed by atoms with Crippen LogP contribution >= 0.6 is 23.1 Å². The van der Waals surface area contributed by atoms with E-state index in [9.17, 15) is 8.42 Å². The fourth-order valence-electron chi connectivity index (χ4n) is 1.89. The van der Waals surface area contributed by atoms with Gasteiger partial charge in [-0.05, 0) is 30.5 Å².